The monoisotopic (exact) mass is 664 g/mol. The molecular weight excluding hydrogens is 630 g/mol. The van der Waals surface area contributed by atoms with Crippen LogP contribution in [0.15, 0.2) is 133 Å². The molecule has 0 saturated carbocycles. The molecule has 0 radical (unpaired) electrons. The minimum absolute atomic E-state index is 0.0107. The van der Waals surface area contributed by atoms with E-state index in [2.05, 4.69) is 115 Å². The van der Waals surface area contributed by atoms with Gasteiger partial charge in [-0.05, 0) is 0 Å². The van der Waals surface area contributed by atoms with Gasteiger partial charge in [0.25, 0.3) is 0 Å². The number of hydrogen-bond acceptors (Lipinski definition) is 4. The molecule has 0 aliphatic carbocycles. The van der Waals surface area contributed by atoms with Crippen LogP contribution in [-0.4, -0.2) is 41.5 Å². The molecule has 1 aliphatic rings. The molecule has 0 fully saturated rings. The van der Waals surface area contributed by atoms with Crippen LogP contribution in [0.2, 0.25) is 5.71 Å². The fourth-order valence-electron chi connectivity index (χ4n) is 7.08. The normalized spacial score (nSPS) is 14.7. The summed E-state index contributed by atoms with van der Waals surface area (Å²) in [5.74, 6) is 1.65. The zero-order valence-corrected chi connectivity index (χ0v) is 28.2. The Morgan fingerprint density at radius 3 is 1.46 bits per heavy atom. The first-order valence-electron chi connectivity index (χ1n) is 15.3. The molecule has 0 saturated heterocycles. The van der Waals surface area contributed by atoms with Crippen molar-refractivity contribution in [3.63, 3.8) is 0 Å². The molecule has 6 heteroatoms. The average Bonchev–Trinajstić information content (AvgIpc) is 3.35. The molecule has 226 valence electrons. The van der Waals surface area contributed by atoms with E-state index in [-0.39, 0.29) is 6.71 Å². The molecule has 1 atom stereocenters. The fraction of sp³-hybridized carbons (Fsp3) is 0.100. The Morgan fingerprint density at radius 2 is 0.935 bits per heavy atom. The summed E-state index contributed by atoms with van der Waals surface area (Å²) in [4.78, 5) is 0. The van der Waals surface area contributed by atoms with Gasteiger partial charge in [-0.2, -0.15) is 0 Å². The maximum absolute atomic E-state index is 15.5. The molecule has 4 nitrogen and oxygen atoms in total. The quantitative estimate of drug-likeness (QED) is 0.197. The van der Waals surface area contributed by atoms with Gasteiger partial charge in [0.1, 0.15) is 0 Å². The van der Waals surface area contributed by atoms with Crippen molar-refractivity contribution in [2.75, 3.05) is 21.3 Å². The summed E-state index contributed by atoms with van der Waals surface area (Å²) in [6, 6.07) is 46.3. The molecule has 0 amide bonds. The predicted octanol–water partition coefficient (Wildman–Crippen LogP) is 5.66. The van der Waals surface area contributed by atoms with Gasteiger partial charge in [0, 0.05) is 0 Å². The van der Waals surface area contributed by atoms with Crippen LogP contribution in [0, 0.1) is 0 Å². The van der Waals surface area contributed by atoms with Gasteiger partial charge in [-0.25, -0.2) is 0 Å². The molecule has 1 unspecified atom stereocenters. The van der Waals surface area contributed by atoms with Crippen molar-refractivity contribution in [1.82, 2.24) is 0 Å². The van der Waals surface area contributed by atoms with Crippen molar-refractivity contribution in [3.8, 4) is 50.6 Å². The van der Waals surface area contributed by atoms with E-state index in [1.807, 2.05) is 23.9 Å². The van der Waals surface area contributed by atoms with Crippen LogP contribution < -0.4 is 39.3 Å². The molecule has 6 aromatic rings. The molecule has 1 heterocycles. The molecule has 0 aromatic heterocycles. The standard InChI is InChI=1S/C40H34AsBO4/c1-41(43)38-30(27-25-36(44-2)40(46-4)37(26-27)45-3)20-13-22-33(38)34-23-14-21-32(39(34)41)31-19-11-12-24-35(31)42(28-15-7-5-8-16-28)29-17-9-6-10-18-29/h5-26H,1-4H3. The van der Waals surface area contributed by atoms with Gasteiger partial charge >= 0.3 is 274 Å². The number of rotatable bonds is 8. The second kappa shape index (κ2) is 12.2. The second-order valence-corrected chi connectivity index (χ2v) is 17.3. The molecule has 6 aromatic carbocycles. The van der Waals surface area contributed by atoms with Gasteiger partial charge in [0.15, 0.2) is 0 Å². The fourth-order valence-corrected chi connectivity index (χ4v) is 13.1. The van der Waals surface area contributed by atoms with E-state index in [0.717, 1.165) is 42.1 Å². The average molecular weight is 664 g/mol. The van der Waals surface area contributed by atoms with Gasteiger partial charge in [0.2, 0.25) is 0 Å². The van der Waals surface area contributed by atoms with Crippen molar-refractivity contribution in [3.05, 3.63) is 133 Å². The zero-order valence-electron chi connectivity index (χ0n) is 26.4. The van der Waals surface area contributed by atoms with E-state index in [9.17, 15) is 0 Å². The first kappa shape index (κ1) is 29.8. The minimum atomic E-state index is -3.96. The van der Waals surface area contributed by atoms with Gasteiger partial charge in [0.05, 0.1) is 0 Å². The SMILES string of the molecule is COc1cc(-c2cccc3c2[As](C)(=O)c2c(-c4ccccc4B(c4ccccc4)c4ccccc4)cccc2-3)cc(OC)c1OC. The molecular formula is C40H34AsBO4. The first-order valence-corrected chi connectivity index (χ1v) is 19.8. The summed E-state index contributed by atoms with van der Waals surface area (Å²) < 4.78 is 34.3. The van der Waals surface area contributed by atoms with Crippen molar-refractivity contribution < 1.29 is 18.0 Å². The Bertz CT molecular complexity index is 2050. The van der Waals surface area contributed by atoms with Crippen LogP contribution in [0.3, 0.4) is 0 Å². The van der Waals surface area contributed by atoms with E-state index in [1.165, 1.54) is 16.4 Å². The first-order chi connectivity index (χ1) is 22.5. The number of benzene rings is 6. The summed E-state index contributed by atoms with van der Waals surface area (Å²) in [5, 5.41) is 0. The van der Waals surface area contributed by atoms with Crippen LogP contribution in [0.1, 0.15) is 0 Å². The van der Waals surface area contributed by atoms with Crippen LogP contribution in [0.5, 0.6) is 17.2 Å². The van der Waals surface area contributed by atoms with Crippen LogP contribution >= 0.6 is 0 Å². The third-order valence-corrected chi connectivity index (χ3v) is 14.6. The number of ether oxygens (including phenoxy) is 3. The van der Waals surface area contributed by atoms with Crippen LogP contribution in [0.4, 0.5) is 0 Å². The summed E-state index contributed by atoms with van der Waals surface area (Å²) in [5.41, 5.74) is 11.6. The third kappa shape index (κ3) is 4.87. The van der Waals surface area contributed by atoms with Crippen LogP contribution in [0.25, 0.3) is 33.4 Å². The molecule has 0 spiro atoms. The summed E-state index contributed by atoms with van der Waals surface area (Å²) in [7, 11) is 4.82. The molecule has 7 rings (SSSR count). The Balaban J connectivity index is 1.44. The van der Waals surface area contributed by atoms with Crippen molar-refractivity contribution in [1.29, 1.82) is 0 Å². The van der Waals surface area contributed by atoms with Gasteiger partial charge in [-0.15, -0.1) is 0 Å². The number of hydrogen-bond donors (Lipinski definition) is 0. The Labute approximate surface area is 273 Å². The summed E-state index contributed by atoms with van der Waals surface area (Å²) >= 11 is -3.96. The third-order valence-electron chi connectivity index (χ3n) is 9.02. The van der Waals surface area contributed by atoms with E-state index in [4.69, 9.17) is 14.2 Å². The summed E-state index contributed by atoms with van der Waals surface area (Å²) in [6.45, 7) is 0.0107. The van der Waals surface area contributed by atoms with E-state index in [1.54, 1.807) is 21.3 Å². The van der Waals surface area contributed by atoms with Gasteiger partial charge < -0.3 is 0 Å². The van der Waals surface area contributed by atoms with Crippen molar-refractivity contribution in [2.24, 2.45) is 0 Å². The van der Waals surface area contributed by atoms with E-state index >= 15 is 3.74 Å². The Hall–Kier alpha value is -4.86. The molecule has 1 aliphatic heterocycles. The zero-order chi connectivity index (χ0) is 31.8. The van der Waals surface area contributed by atoms with E-state index in [0.29, 0.717) is 17.2 Å². The molecule has 0 N–H and O–H groups in total. The second-order valence-electron chi connectivity index (χ2n) is 11.6. The topological polar surface area (TPSA) is 44.8 Å². The summed E-state index contributed by atoms with van der Waals surface area (Å²) in [6.07, 6.45) is 0. The van der Waals surface area contributed by atoms with Crippen LogP contribution in [-0.2, 0) is 3.74 Å². The van der Waals surface area contributed by atoms with Gasteiger partial charge in [-0.1, -0.05) is 0 Å². The predicted molar refractivity (Wildman–Crippen MR) is 192 cm³/mol. The number of methoxy groups -OCH3 is 3. The van der Waals surface area contributed by atoms with Crippen molar-refractivity contribution in [2.45, 2.75) is 5.71 Å². The van der Waals surface area contributed by atoms with Gasteiger partial charge in [-0.3, -0.25) is 0 Å². The molecule has 46 heavy (non-hydrogen) atoms. The molecule has 0 bridgehead atoms. The Kier molecular flexibility index (Phi) is 7.88. The van der Waals surface area contributed by atoms with E-state index < -0.39 is 13.5 Å². The Morgan fingerprint density at radius 1 is 0.500 bits per heavy atom. The van der Waals surface area contributed by atoms with Crippen molar-refractivity contribution >= 4 is 45.3 Å². The number of fused-ring (bicyclic) bond motifs is 3. The maximum atomic E-state index is 15.5.